The Hall–Kier alpha value is -1.10. The molecular formula is C12H13ClN2OS. The highest BCUT2D eigenvalue weighted by molar-refractivity contribution is 7.15. The van der Waals surface area contributed by atoms with Crippen molar-refractivity contribution < 1.29 is 5.11 Å². The van der Waals surface area contributed by atoms with E-state index in [0.29, 0.717) is 12.0 Å². The Labute approximate surface area is 110 Å². The van der Waals surface area contributed by atoms with Gasteiger partial charge in [-0.3, -0.25) is 0 Å². The van der Waals surface area contributed by atoms with E-state index in [-0.39, 0.29) is 18.2 Å². The SMILES string of the molecule is Cl.N[C@H]1C[C@@H]1c1cnc(-c2ccc(O)cc2)s1. The monoisotopic (exact) mass is 268 g/mol. The maximum absolute atomic E-state index is 9.21. The largest absolute Gasteiger partial charge is 0.508 e. The van der Waals surface area contributed by atoms with Gasteiger partial charge in [-0.15, -0.1) is 23.7 Å². The van der Waals surface area contributed by atoms with Crippen LogP contribution in [0.3, 0.4) is 0 Å². The van der Waals surface area contributed by atoms with Gasteiger partial charge in [0.05, 0.1) is 0 Å². The van der Waals surface area contributed by atoms with Gasteiger partial charge in [0.15, 0.2) is 0 Å². The average Bonchev–Trinajstić information content (AvgIpc) is 2.82. The molecule has 0 radical (unpaired) electrons. The number of hydrogen-bond acceptors (Lipinski definition) is 4. The Bertz CT molecular complexity index is 511. The predicted octanol–water partition coefficient (Wildman–Crippen LogP) is 2.75. The van der Waals surface area contributed by atoms with Crippen molar-refractivity contribution in [1.82, 2.24) is 4.98 Å². The zero-order valence-electron chi connectivity index (χ0n) is 9.04. The highest BCUT2D eigenvalue weighted by atomic mass is 35.5. The number of thiazole rings is 1. The molecule has 1 heterocycles. The first kappa shape index (κ1) is 12.4. The van der Waals surface area contributed by atoms with Crippen LogP contribution >= 0.6 is 23.7 Å². The van der Waals surface area contributed by atoms with Crippen LogP contribution in [0.4, 0.5) is 0 Å². The molecule has 3 nitrogen and oxygen atoms in total. The zero-order chi connectivity index (χ0) is 11.1. The van der Waals surface area contributed by atoms with Crippen molar-refractivity contribution in [3.63, 3.8) is 0 Å². The van der Waals surface area contributed by atoms with Gasteiger partial charge in [0.2, 0.25) is 0 Å². The van der Waals surface area contributed by atoms with E-state index in [1.165, 1.54) is 4.88 Å². The van der Waals surface area contributed by atoms with Crippen LogP contribution in [-0.4, -0.2) is 16.1 Å². The summed E-state index contributed by atoms with van der Waals surface area (Å²) >= 11 is 1.69. The molecule has 5 heteroatoms. The molecule has 0 saturated heterocycles. The first-order valence-electron chi connectivity index (χ1n) is 5.25. The molecule has 2 atom stereocenters. The second-order valence-electron chi connectivity index (χ2n) is 4.12. The number of aromatic nitrogens is 1. The van der Waals surface area contributed by atoms with Gasteiger partial charge >= 0.3 is 0 Å². The maximum Gasteiger partial charge on any atom is 0.123 e. The fraction of sp³-hybridized carbons (Fsp3) is 0.250. The minimum Gasteiger partial charge on any atom is -0.508 e. The first-order chi connectivity index (χ1) is 7.74. The first-order valence-corrected chi connectivity index (χ1v) is 6.06. The number of nitrogens with zero attached hydrogens (tertiary/aromatic N) is 1. The molecule has 0 unspecified atom stereocenters. The number of aromatic hydroxyl groups is 1. The Kier molecular flexibility index (Phi) is 3.38. The van der Waals surface area contributed by atoms with Crippen LogP contribution in [0.5, 0.6) is 5.75 Å². The molecule has 3 rings (SSSR count). The van der Waals surface area contributed by atoms with Crippen LogP contribution in [0, 0.1) is 0 Å². The maximum atomic E-state index is 9.21. The lowest BCUT2D eigenvalue weighted by atomic mass is 10.2. The number of rotatable bonds is 2. The topological polar surface area (TPSA) is 59.1 Å². The van der Waals surface area contributed by atoms with Crippen LogP contribution in [-0.2, 0) is 0 Å². The van der Waals surface area contributed by atoms with Crippen molar-refractivity contribution in [3.05, 3.63) is 35.3 Å². The van der Waals surface area contributed by atoms with Crippen molar-refractivity contribution >= 4 is 23.7 Å². The van der Waals surface area contributed by atoms with Gasteiger partial charge in [0.1, 0.15) is 10.8 Å². The van der Waals surface area contributed by atoms with Gasteiger partial charge in [-0.05, 0) is 30.7 Å². The van der Waals surface area contributed by atoms with Crippen LogP contribution in [0.2, 0.25) is 0 Å². The number of halogens is 1. The second kappa shape index (κ2) is 4.64. The Balaban J connectivity index is 0.00000108. The molecule has 1 aliphatic rings. The molecule has 1 aromatic carbocycles. The van der Waals surface area contributed by atoms with Crippen molar-refractivity contribution in [3.8, 4) is 16.3 Å². The lowest BCUT2D eigenvalue weighted by Crippen LogP contribution is -1.99. The molecule has 1 aromatic heterocycles. The molecule has 0 amide bonds. The molecule has 0 bridgehead atoms. The van der Waals surface area contributed by atoms with E-state index in [9.17, 15) is 5.11 Å². The lowest BCUT2D eigenvalue weighted by Gasteiger charge is -1.95. The number of hydrogen-bond donors (Lipinski definition) is 2. The van der Waals surface area contributed by atoms with E-state index >= 15 is 0 Å². The fourth-order valence-electron chi connectivity index (χ4n) is 1.74. The van der Waals surface area contributed by atoms with E-state index < -0.39 is 0 Å². The summed E-state index contributed by atoms with van der Waals surface area (Å²) < 4.78 is 0. The van der Waals surface area contributed by atoms with E-state index in [0.717, 1.165) is 17.0 Å². The van der Waals surface area contributed by atoms with Gasteiger partial charge in [-0.1, -0.05) is 0 Å². The lowest BCUT2D eigenvalue weighted by molar-refractivity contribution is 0.475. The molecular weight excluding hydrogens is 256 g/mol. The summed E-state index contributed by atoms with van der Waals surface area (Å²) in [4.78, 5) is 5.67. The summed E-state index contributed by atoms with van der Waals surface area (Å²) in [6.45, 7) is 0. The van der Waals surface area contributed by atoms with Crippen LogP contribution < -0.4 is 5.73 Å². The molecule has 90 valence electrons. The van der Waals surface area contributed by atoms with E-state index in [4.69, 9.17) is 5.73 Å². The van der Waals surface area contributed by atoms with E-state index in [1.807, 2.05) is 18.3 Å². The summed E-state index contributed by atoms with van der Waals surface area (Å²) in [5.74, 6) is 0.799. The fourth-order valence-corrected chi connectivity index (χ4v) is 2.85. The summed E-state index contributed by atoms with van der Waals surface area (Å²) in [6.07, 6.45) is 3.00. The molecule has 1 aliphatic carbocycles. The Morgan fingerprint density at radius 2 is 1.94 bits per heavy atom. The quantitative estimate of drug-likeness (QED) is 0.880. The van der Waals surface area contributed by atoms with Crippen LogP contribution in [0.15, 0.2) is 30.5 Å². The summed E-state index contributed by atoms with van der Waals surface area (Å²) in [5, 5.41) is 10.2. The third-order valence-corrected chi connectivity index (χ3v) is 4.02. The van der Waals surface area contributed by atoms with Gasteiger partial charge < -0.3 is 10.8 Å². The van der Waals surface area contributed by atoms with Crippen LogP contribution in [0.1, 0.15) is 17.2 Å². The summed E-state index contributed by atoms with van der Waals surface area (Å²) in [7, 11) is 0. The smallest absolute Gasteiger partial charge is 0.123 e. The molecule has 0 spiro atoms. The highest BCUT2D eigenvalue weighted by Gasteiger charge is 2.36. The number of benzene rings is 1. The molecule has 1 fully saturated rings. The minimum absolute atomic E-state index is 0. The summed E-state index contributed by atoms with van der Waals surface area (Å²) in [6, 6.07) is 7.45. The zero-order valence-corrected chi connectivity index (χ0v) is 10.7. The van der Waals surface area contributed by atoms with Gasteiger partial charge in [-0.2, -0.15) is 0 Å². The molecule has 1 saturated carbocycles. The second-order valence-corrected chi connectivity index (χ2v) is 5.18. The van der Waals surface area contributed by atoms with Gasteiger partial charge in [0, 0.05) is 28.6 Å². The Morgan fingerprint density at radius 1 is 1.29 bits per heavy atom. The number of nitrogens with two attached hydrogens (primary N) is 1. The minimum atomic E-state index is 0. The van der Waals surface area contributed by atoms with Crippen molar-refractivity contribution in [2.24, 2.45) is 5.73 Å². The molecule has 17 heavy (non-hydrogen) atoms. The Morgan fingerprint density at radius 3 is 2.53 bits per heavy atom. The van der Waals surface area contributed by atoms with Gasteiger partial charge in [-0.25, -0.2) is 4.98 Å². The summed E-state index contributed by atoms with van der Waals surface area (Å²) in [5.41, 5.74) is 6.86. The van der Waals surface area contributed by atoms with Crippen molar-refractivity contribution in [2.75, 3.05) is 0 Å². The van der Waals surface area contributed by atoms with E-state index in [1.54, 1.807) is 23.5 Å². The number of phenols is 1. The normalized spacial score (nSPS) is 21.9. The average molecular weight is 269 g/mol. The van der Waals surface area contributed by atoms with Gasteiger partial charge in [0.25, 0.3) is 0 Å². The molecule has 2 aromatic rings. The number of phenolic OH excluding ortho intramolecular Hbond substituents is 1. The highest BCUT2D eigenvalue weighted by Crippen LogP contribution is 2.43. The van der Waals surface area contributed by atoms with Crippen molar-refractivity contribution in [2.45, 2.75) is 18.4 Å². The van der Waals surface area contributed by atoms with Crippen LogP contribution in [0.25, 0.3) is 10.6 Å². The van der Waals surface area contributed by atoms with Crippen molar-refractivity contribution in [1.29, 1.82) is 0 Å². The standard InChI is InChI=1S/C12H12N2OS.ClH/c13-10-5-9(10)11-6-14-12(16-11)7-1-3-8(15)4-2-7;/h1-4,6,9-10,15H,5,13H2;1H/t9-,10-;/m0./s1. The third-order valence-electron chi connectivity index (χ3n) is 2.84. The third kappa shape index (κ3) is 2.44. The predicted molar refractivity (Wildman–Crippen MR) is 71.8 cm³/mol. The molecule has 3 N–H and O–H groups in total. The van der Waals surface area contributed by atoms with E-state index in [2.05, 4.69) is 4.98 Å². The molecule has 0 aliphatic heterocycles.